The van der Waals surface area contributed by atoms with Crippen molar-refractivity contribution in [1.29, 1.82) is 0 Å². The zero-order valence-electron chi connectivity index (χ0n) is 11.5. The number of carboxylic acids is 1. The molecular weight excluding hydrogens is 264 g/mol. The number of nitrogen functional groups attached to an aromatic ring is 1. The van der Waals surface area contributed by atoms with Crippen molar-refractivity contribution in [1.82, 2.24) is 4.57 Å². The van der Waals surface area contributed by atoms with Crippen LogP contribution >= 0.6 is 0 Å². The molecule has 0 fully saturated rings. The van der Waals surface area contributed by atoms with E-state index in [2.05, 4.69) is 4.57 Å². The quantitative estimate of drug-likeness (QED) is 0.722. The molecule has 3 rings (SSSR count). The average Bonchev–Trinajstić information content (AvgIpc) is 2.85. The molecule has 3 N–H and O–H groups in total. The van der Waals surface area contributed by atoms with Gasteiger partial charge in [0.05, 0.1) is 17.6 Å². The molecule has 0 saturated heterocycles. The average molecular weight is 280 g/mol. The Labute approximate surface area is 122 Å². The summed E-state index contributed by atoms with van der Waals surface area (Å²) in [5, 5.41) is 10.1. The maximum Gasteiger partial charge on any atom is 0.307 e. The number of aromatic nitrogens is 1. The maximum atomic E-state index is 11.0. The number of carboxylic acid groups (broad SMARTS) is 1. The van der Waals surface area contributed by atoms with Crippen LogP contribution in [0.2, 0.25) is 0 Å². The normalized spacial score (nSPS) is 10.9. The first-order valence-electron chi connectivity index (χ1n) is 6.77. The van der Waals surface area contributed by atoms with Crippen LogP contribution in [0.25, 0.3) is 10.9 Å². The lowest BCUT2D eigenvalue weighted by Crippen LogP contribution is -2.07. The van der Waals surface area contributed by atoms with Crippen LogP contribution in [0.5, 0.6) is 0 Å². The summed E-state index contributed by atoms with van der Waals surface area (Å²) < 4.78 is 2.06. The number of benzene rings is 2. The van der Waals surface area contributed by atoms with E-state index in [1.54, 1.807) is 0 Å². The Morgan fingerprint density at radius 2 is 1.81 bits per heavy atom. The lowest BCUT2D eigenvalue weighted by molar-refractivity contribution is -0.136. The van der Waals surface area contributed by atoms with Crippen molar-refractivity contribution in [2.24, 2.45) is 0 Å². The van der Waals surface area contributed by atoms with Gasteiger partial charge in [0.2, 0.25) is 0 Å². The second kappa shape index (κ2) is 5.32. The van der Waals surface area contributed by atoms with Gasteiger partial charge in [0, 0.05) is 18.1 Å². The van der Waals surface area contributed by atoms with Gasteiger partial charge in [0.25, 0.3) is 0 Å². The summed E-state index contributed by atoms with van der Waals surface area (Å²) >= 11 is 0. The van der Waals surface area contributed by atoms with E-state index in [0.29, 0.717) is 6.54 Å². The van der Waals surface area contributed by atoms with E-state index in [0.717, 1.165) is 27.7 Å². The monoisotopic (exact) mass is 280 g/mol. The minimum Gasteiger partial charge on any atom is -0.481 e. The van der Waals surface area contributed by atoms with Gasteiger partial charge in [0.1, 0.15) is 0 Å². The molecular formula is C17H16N2O2. The lowest BCUT2D eigenvalue weighted by atomic mass is 10.0. The van der Waals surface area contributed by atoms with Crippen LogP contribution in [-0.2, 0) is 17.8 Å². The summed E-state index contributed by atoms with van der Waals surface area (Å²) in [7, 11) is 0. The zero-order chi connectivity index (χ0) is 14.8. The second-order valence-electron chi connectivity index (χ2n) is 5.07. The summed E-state index contributed by atoms with van der Waals surface area (Å²) in [5.74, 6) is -0.820. The number of para-hydroxylation sites is 1. The third-order valence-electron chi connectivity index (χ3n) is 3.62. The fourth-order valence-electron chi connectivity index (χ4n) is 2.65. The standard InChI is InChI=1S/C17H16N2O2/c18-15-7-3-6-12-8-9-19(17(12)15)11-14-5-2-1-4-13(14)10-16(20)21/h1-9H,10-11,18H2,(H,20,21). The first-order valence-corrected chi connectivity index (χ1v) is 6.77. The van der Waals surface area contributed by atoms with Gasteiger partial charge >= 0.3 is 5.97 Å². The van der Waals surface area contributed by atoms with Crippen LogP contribution in [0.15, 0.2) is 54.7 Å². The molecule has 0 saturated carbocycles. The largest absolute Gasteiger partial charge is 0.481 e. The highest BCUT2D eigenvalue weighted by atomic mass is 16.4. The van der Waals surface area contributed by atoms with Crippen LogP contribution in [0.1, 0.15) is 11.1 Å². The fraction of sp³-hybridized carbons (Fsp3) is 0.118. The van der Waals surface area contributed by atoms with Gasteiger partial charge in [-0.05, 0) is 23.3 Å². The Morgan fingerprint density at radius 1 is 1.05 bits per heavy atom. The lowest BCUT2D eigenvalue weighted by Gasteiger charge is -2.11. The number of hydrogen-bond donors (Lipinski definition) is 2. The van der Waals surface area contributed by atoms with E-state index in [1.165, 1.54) is 0 Å². The molecule has 4 heteroatoms. The predicted octanol–water partition coefficient (Wildman–Crippen LogP) is 2.90. The van der Waals surface area contributed by atoms with Crippen molar-refractivity contribution in [2.45, 2.75) is 13.0 Å². The van der Waals surface area contributed by atoms with Crippen LogP contribution in [0.4, 0.5) is 5.69 Å². The molecule has 21 heavy (non-hydrogen) atoms. The van der Waals surface area contributed by atoms with Crippen molar-refractivity contribution in [3.05, 3.63) is 65.9 Å². The second-order valence-corrected chi connectivity index (χ2v) is 5.07. The number of nitrogens with zero attached hydrogens (tertiary/aromatic N) is 1. The summed E-state index contributed by atoms with van der Waals surface area (Å²) in [5.41, 5.74) is 9.61. The highest BCUT2D eigenvalue weighted by Crippen LogP contribution is 2.23. The Balaban J connectivity index is 2.01. The third kappa shape index (κ3) is 2.60. The molecule has 0 aliphatic rings. The number of nitrogens with two attached hydrogens (primary N) is 1. The smallest absolute Gasteiger partial charge is 0.307 e. The van der Waals surface area contributed by atoms with Gasteiger partial charge in [-0.15, -0.1) is 0 Å². The number of rotatable bonds is 4. The molecule has 0 aliphatic carbocycles. The van der Waals surface area contributed by atoms with E-state index in [1.807, 2.05) is 54.7 Å². The van der Waals surface area contributed by atoms with Gasteiger partial charge in [0.15, 0.2) is 0 Å². The molecule has 0 amide bonds. The van der Waals surface area contributed by atoms with Crippen molar-refractivity contribution < 1.29 is 9.90 Å². The third-order valence-corrected chi connectivity index (χ3v) is 3.62. The Morgan fingerprint density at radius 3 is 2.57 bits per heavy atom. The van der Waals surface area contributed by atoms with Crippen LogP contribution < -0.4 is 5.73 Å². The number of carbonyl (C=O) groups is 1. The van der Waals surface area contributed by atoms with Crippen LogP contribution in [0, 0.1) is 0 Å². The number of fused-ring (bicyclic) bond motifs is 1. The van der Waals surface area contributed by atoms with Crippen molar-refractivity contribution in [3.63, 3.8) is 0 Å². The Hall–Kier alpha value is -2.75. The minimum absolute atomic E-state index is 0.0326. The number of anilines is 1. The van der Waals surface area contributed by atoms with E-state index >= 15 is 0 Å². The van der Waals surface area contributed by atoms with Crippen molar-refractivity contribution in [3.8, 4) is 0 Å². The van der Waals surface area contributed by atoms with E-state index in [-0.39, 0.29) is 6.42 Å². The molecule has 4 nitrogen and oxygen atoms in total. The highest BCUT2D eigenvalue weighted by molar-refractivity contribution is 5.90. The van der Waals surface area contributed by atoms with Crippen molar-refractivity contribution >= 4 is 22.6 Å². The highest BCUT2D eigenvalue weighted by Gasteiger charge is 2.09. The zero-order valence-corrected chi connectivity index (χ0v) is 11.5. The molecule has 0 atom stereocenters. The molecule has 2 aromatic carbocycles. The summed E-state index contributed by atoms with van der Waals surface area (Å²) in [6, 6.07) is 15.5. The summed E-state index contributed by atoms with van der Waals surface area (Å²) in [4.78, 5) is 11.0. The SMILES string of the molecule is Nc1cccc2ccn(Cc3ccccc3CC(=O)O)c12. The van der Waals surface area contributed by atoms with E-state index in [9.17, 15) is 4.79 Å². The van der Waals surface area contributed by atoms with Gasteiger partial charge in [-0.25, -0.2) is 0 Å². The van der Waals surface area contributed by atoms with E-state index in [4.69, 9.17) is 10.8 Å². The topological polar surface area (TPSA) is 68.2 Å². The predicted molar refractivity (Wildman–Crippen MR) is 83.2 cm³/mol. The van der Waals surface area contributed by atoms with Crippen LogP contribution in [-0.4, -0.2) is 15.6 Å². The Kier molecular flexibility index (Phi) is 3.36. The molecule has 1 aromatic heterocycles. The molecule has 1 heterocycles. The van der Waals surface area contributed by atoms with Crippen LogP contribution in [0.3, 0.4) is 0 Å². The summed E-state index contributed by atoms with van der Waals surface area (Å²) in [6.45, 7) is 0.612. The summed E-state index contributed by atoms with van der Waals surface area (Å²) in [6.07, 6.45) is 2.02. The molecule has 0 aliphatic heterocycles. The Bertz CT molecular complexity index is 805. The molecule has 0 unspecified atom stereocenters. The van der Waals surface area contributed by atoms with Gasteiger partial charge in [-0.1, -0.05) is 36.4 Å². The molecule has 0 spiro atoms. The first-order chi connectivity index (χ1) is 10.1. The number of hydrogen-bond acceptors (Lipinski definition) is 2. The fourth-order valence-corrected chi connectivity index (χ4v) is 2.65. The maximum absolute atomic E-state index is 11.0. The molecule has 0 bridgehead atoms. The molecule has 106 valence electrons. The first kappa shape index (κ1) is 13.2. The van der Waals surface area contributed by atoms with Gasteiger partial charge in [-0.3, -0.25) is 4.79 Å². The molecule has 0 radical (unpaired) electrons. The molecule has 3 aromatic rings. The van der Waals surface area contributed by atoms with Crippen molar-refractivity contribution in [2.75, 3.05) is 5.73 Å². The number of aliphatic carboxylic acids is 1. The van der Waals surface area contributed by atoms with E-state index < -0.39 is 5.97 Å². The van der Waals surface area contributed by atoms with Gasteiger partial charge < -0.3 is 15.4 Å². The minimum atomic E-state index is -0.820. The van der Waals surface area contributed by atoms with Gasteiger partial charge in [-0.2, -0.15) is 0 Å².